The molecule has 0 amide bonds. The quantitative estimate of drug-likeness (QED) is 0.713. The highest BCUT2D eigenvalue weighted by Gasteiger charge is 2.20. The average Bonchev–Trinajstić information content (AvgIpc) is 2.37. The fraction of sp³-hybridized carbons (Fsp3) is 1.00. The van der Waals surface area contributed by atoms with Gasteiger partial charge >= 0.3 is 0 Å². The largest absolute Gasteiger partial charge is 0.298 e. The van der Waals surface area contributed by atoms with E-state index in [-0.39, 0.29) is 5.75 Å². The lowest BCUT2D eigenvalue weighted by molar-refractivity contribution is 0.229. The lowest BCUT2D eigenvalue weighted by Gasteiger charge is -2.27. The van der Waals surface area contributed by atoms with Crippen molar-refractivity contribution >= 4 is 21.4 Å². The summed E-state index contributed by atoms with van der Waals surface area (Å²) in [4.78, 5) is 2.24. The Bertz CT molecular complexity index is 279. The summed E-state index contributed by atoms with van der Waals surface area (Å²) in [5.41, 5.74) is 0. The molecular formula is C10H20ClNO2S. The van der Waals surface area contributed by atoms with E-state index < -0.39 is 9.84 Å². The minimum Gasteiger partial charge on any atom is -0.298 e. The van der Waals surface area contributed by atoms with Crippen LogP contribution in [0.25, 0.3) is 0 Å². The first-order valence-electron chi connectivity index (χ1n) is 5.50. The van der Waals surface area contributed by atoms with Crippen molar-refractivity contribution in [2.24, 2.45) is 0 Å². The van der Waals surface area contributed by atoms with E-state index in [0.717, 1.165) is 19.4 Å². The molecule has 0 saturated carbocycles. The summed E-state index contributed by atoms with van der Waals surface area (Å²) in [7, 11) is -2.85. The normalized spacial score (nSPS) is 25.1. The van der Waals surface area contributed by atoms with Gasteiger partial charge in [0.25, 0.3) is 0 Å². The summed E-state index contributed by atoms with van der Waals surface area (Å²) < 4.78 is 22.2. The number of halogens is 1. The van der Waals surface area contributed by atoms with Crippen LogP contribution in [0.15, 0.2) is 0 Å². The van der Waals surface area contributed by atoms with Gasteiger partial charge in [-0.1, -0.05) is 12.8 Å². The maximum atomic E-state index is 11.1. The van der Waals surface area contributed by atoms with Crippen LogP contribution in [0.4, 0.5) is 0 Å². The zero-order valence-electron chi connectivity index (χ0n) is 9.28. The maximum absolute atomic E-state index is 11.1. The van der Waals surface area contributed by atoms with Gasteiger partial charge in [0.2, 0.25) is 0 Å². The summed E-state index contributed by atoms with van der Waals surface area (Å²) in [6.07, 6.45) is 6.01. The van der Waals surface area contributed by atoms with Crippen molar-refractivity contribution in [2.45, 2.75) is 31.7 Å². The van der Waals surface area contributed by atoms with Crippen molar-refractivity contribution < 1.29 is 8.42 Å². The molecule has 1 saturated heterocycles. The van der Waals surface area contributed by atoms with Gasteiger partial charge in [-0.05, 0) is 19.4 Å². The highest BCUT2D eigenvalue weighted by Crippen LogP contribution is 2.17. The van der Waals surface area contributed by atoms with Gasteiger partial charge in [0, 0.05) is 24.7 Å². The van der Waals surface area contributed by atoms with Crippen molar-refractivity contribution in [3.05, 3.63) is 0 Å². The van der Waals surface area contributed by atoms with Crippen molar-refractivity contribution in [1.82, 2.24) is 4.90 Å². The molecule has 1 unspecified atom stereocenters. The van der Waals surface area contributed by atoms with E-state index in [2.05, 4.69) is 4.90 Å². The van der Waals surface area contributed by atoms with E-state index >= 15 is 0 Å². The van der Waals surface area contributed by atoms with Crippen LogP contribution in [-0.2, 0) is 9.84 Å². The molecule has 1 aliphatic heterocycles. The fourth-order valence-corrected chi connectivity index (χ4v) is 2.90. The lowest BCUT2D eigenvalue weighted by Crippen LogP contribution is -2.39. The third-order valence-corrected chi connectivity index (χ3v) is 4.21. The molecule has 0 spiro atoms. The predicted octanol–water partition coefficient (Wildman–Crippen LogP) is 1.51. The standard InChI is InChI=1S/C10H20ClNO2S/c1-15(13,14)8-7-12-6-4-2-3-5-10(12)9-11/h10H,2-9H2,1H3. The molecule has 0 aromatic heterocycles. The molecule has 90 valence electrons. The van der Waals surface area contributed by atoms with E-state index in [9.17, 15) is 8.42 Å². The number of sulfone groups is 1. The Morgan fingerprint density at radius 1 is 1.33 bits per heavy atom. The van der Waals surface area contributed by atoms with Gasteiger partial charge in [-0.2, -0.15) is 0 Å². The minimum absolute atomic E-state index is 0.250. The SMILES string of the molecule is CS(=O)(=O)CCN1CCCCCC1CCl. The van der Waals surface area contributed by atoms with Crippen molar-refractivity contribution in [3.8, 4) is 0 Å². The van der Waals surface area contributed by atoms with Gasteiger partial charge in [-0.15, -0.1) is 11.6 Å². The van der Waals surface area contributed by atoms with E-state index in [1.54, 1.807) is 0 Å². The van der Waals surface area contributed by atoms with Crippen LogP contribution in [0.3, 0.4) is 0 Å². The van der Waals surface area contributed by atoms with Crippen LogP contribution in [0.5, 0.6) is 0 Å². The first kappa shape index (κ1) is 13.3. The lowest BCUT2D eigenvalue weighted by atomic mass is 10.1. The second kappa shape index (κ2) is 6.06. The van der Waals surface area contributed by atoms with Crippen LogP contribution >= 0.6 is 11.6 Å². The first-order valence-corrected chi connectivity index (χ1v) is 8.10. The van der Waals surface area contributed by atoms with Gasteiger partial charge in [0.15, 0.2) is 0 Å². The zero-order valence-corrected chi connectivity index (χ0v) is 10.9. The first-order chi connectivity index (χ1) is 7.03. The molecular weight excluding hydrogens is 234 g/mol. The van der Waals surface area contributed by atoms with Crippen LogP contribution in [0.2, 0.25) is 0 Å². The molecule has 1 fully saturated rings. The van der Waals surface area contributed by atoms with E-state index in [0.29, 0.717) is 18.5 Å². The molecule has 0 N–H and O–H groups in total. The number of alkyl halides is 1. The summed E-state index contributed by atoms with van der Waals surface area (Å²) in [6, 6.07) is 0.371. The number of likely N-dealkylation sites (tertiary alicyclic amines) is 1. The zero-order chi connectivity index (χ0) is 11.3. The summed E-state index contributed by atoms with van der Waals surface area (Å²) in [5.74, 6) is 0.865. The molecule has 0 aliphatic carbocycles. The van der Waals surface area contributed by atoms with Crippen LogP contribution in [-0.4, -0.2) is 50.3 Å². The van der Waals surface area contributed by atoms with Gasteiger partial charge < -0.3 is 0 Å². The third kappa shape index (κ3) is 5.18. The monoisotopic (exact) mass is 253 g/mol. The highest BCUT2D eigenvalue weighted by molar-refractivity contribution is 7.90. The molecule has 1 heterocycles. The number of nitrogens with zero attached hydrogens (tertiary/aromatic N) is 1. The van der Waals surface area contributed by atoms with Crippen molar-refractivity contribution in [2.75, 3.05) is 31.0 Å². The average molecular weight is 254 g/mol. The number of hydrogen-bond acceptors (Lipinski definition) is 3. The Morgan fingerprint density at radius 3 is 2.67 bits per heavy atom. The van der Waals surface area contributed by atoms with E-state index in [1.165, 1.54) is 19.1 Å². The smallest absolute Gasteiger partial charge is 0.148 e. The molecule has 1 rings (SSSR count). The van der Waals surface area contributed by atoms with Gasteiger partial charge in [0.1, 0.15) is 9.84 Å². The molecule has 5 heteroatoms. The van der Waals surface area contributed by atoms with Gasteiger partial charge in [0.05, 0.1) is 5.75 Å². The summed E-state index contributed by atoms with van der Waals surface area (Å²) >= 11 is 5.91. The molecule has 0 aromatic carbocycles. The van der Waals surface area contributed by atoms with E-state index in [4.69, 9.17) is 11.6 Å². The Kier molecular flexibility index (Phi) is 5.36. The molecule has 1 atom stereocenters. The highest BCUT2D eigenvalue weighted by atomic mass is 35.5. The maximum Gasteiger partial charge on any atom is 0.148 e. The topological polar surface area (TPSA) is 37.4 Å². The molecule has 3 nitrogen and oxygen atoms in total. The van der Waals surface area contributed by atoms with Crippen molar-refractivity contribution in [3.63, 3.8) is 0 Å². The van der Waals surface area contributed by atoms with Crippen LogP contribution < -0.4 is 0 Å². The second-order valence-corrected chi connectivity index (χ2v) is 6.89. The Hall–Kier alpha value is 0.200. The number of hydrogen-bond donors (Lipinski definition) is 0. The number of rotatable bonds is 4. The molecule has 0 bridgehead atoms. The minimum atomic E-state index is -2.85. The third-order valence-electron chi connectivity index (χ3n) is 2.93. The molecule has 0 aromatic rings. The second-order valence-electron chi connectivity index (χ2n) is 4.32. The Morgan fingerprint density at radius 2 is 2.07 bits per heavy atom. The Labute approximate surface area is 97.7 Å². The fourth-order valence-electron chi connectivity index (χ4n) is 1.99. The van der Waals surface area contributed by atoms with Gasteiger partial charge in [-0.25, -0.2) is 8.42 Å². The molecule has 0 radical (unpaired) electrons. The van der Waals surface area contributed by atoms with Crippen LogP contribution in [0.1, 0.15) is 25.7 Å². The summed E-state index contributed by atoms with van der Waals surface area (Å²) in [6.45, 7) is 1.63. The van der Waals surface area contributed by atoms with Crippen molar-refractivity contribution in [1.29, 1.82) is 0 Å². The van der Waals surface area contributed by atoms with Gasteiger partial charge in [-0.3, -0.25) is 4.90 Å². The predicted molar refractivity (Wildman–Crippen MR) is 64.3 cm³/mol. The molecule has 15 heavy (non-hydrogen) atoms. The molecule has 1 aliphatic rings. The Balaban J connectivity index is 2.48. The van der Waals surface area contributed by atoms with Crippen LogP contribution in [0, 0.1) is 0 Å². The van der Waals surface area contributed by atoms with E-state index in [1.807, 2.05) is 0 Å². The summed E-state index contributed by atoms with van der Waals surface area (Å²) in [5, 5.41) is 0.